The molecular formula is C50H105O4PS. The minimum absolute atomic E-state index is 0.155. The molecule has 0 atom stereocenters. The van der Waals surface area contributed by atoms with E-state index in [1.165, 1.54) is 231 Å². The molecule has 0 spiro atoms. The van der Waals surface area contributed by atoms with Gasteiger partial charge in [0, 0.05) is 0 Å². The molecule has 0 aromatic carbocycles. The Morgan fingerprint density at radius 3 is 0.643 bits per heavy atom. The summed E-state index contributed by atoms with van der Waals surface area (Å²) in [5, 5.41) is 0. The van der Waals surface area contributed by atoms with Crippen LogP contribution in [-0.4, -0.2) is 39.7 Å². The van der Waals surface area contributed by atoms with Gasteiger partial charge < -0.3 is 0 Å². The van der Waals surface area contributed by atoms with E-state index in [9.17, 15) is 8.42 Å². The number of hydrogen-bond acceptors (Lipinski definition) is 4. The summed E-state index contributed by atoms with van der Waals surface area (Å²) in [4.78, 5) is 0. The Bertz CT molecular complexity index is 786. The van der Waals surface area contributed by atoms with Gasteiger partial charge in [0.1, 0.15) is 0 Å². The van der Waals surface area contributed by atoms with Crippen LogP contribution in [0.25, 0.3) is 0 Å². The molecule has 0 N–H and O–H groups in total. The first-order valence-electron chi connectivity index (χ1n) is 25.9. The van der Waals surface area contributed by atoms with Crippen molar-refractivity contribution < 1.29 is 16.6 Å². The van der Waals surface area contributed by atoms with E-state index in [1.807, 2.05) is 0 Å². The Morgan fingerprint density at radius 1 is 0.286 bits per heavy atom. The van der Waals surface area contributed by atoms with Gasteiger partial charge in [-0.3, -0.25) is 0 Å². The summed E-state index contributed by atoms with van der Waals surface area (Å²) in [7, 11) is -4.04. The summed E-state index contributed by atoms with van der Waals surface area (Å²) in [5.41, 5.74) is 0. The van der Waals surface area contributed by atoms with Crippen molar-refractivity contribution in [3.63, 3.8) is 0 Å². The van der Waals surface area contributed by atoms with Crippen LogP contribution in [0.5, 0.6) is 0 Å². The molecule has 0 aliphatic carbocycles. The third-order valence-corrected chi connectivity index (χ3v) is 21.6. The SMILES string of the molecule is CCCCCCCCCCCCP(CCCCCCCCCCCC)(CCCCCCCCCCCC)(CCCCCCCCCCCC)OS(=O)(=O)OCC. The fourth-order valence-electron chi connectivity index (χ4n) is 9.24. The van der Waals surface area contributed by atoms with Crippen LogP contribution < -0.4 is 0 Å². The molecule has 0 unspecified atom stereocenters. The Labute approximate surface area is 355 Å². The topological polar surface area (TPSA) is 52.6 Å². The molecule has 6 heteroatoms. The van der Waals surface area contributed by atoms with E-state index in [1.54, 1.807) is 6.92 Å². The van der Waals surface area contributed by atoms with E-state index in [4.69, 9.17) is 8.15 Å². The first-order chi connectivity index (χ1) is 27.3. The summed E-state index contributed by atoms with van der Waals surface area (Å²) in [6, 6.07) is 0. The van der Waals surface area contributed by atoms with E-state index < -0.39 is 17.2 Å². The zero-order valence-electron chi connectivity index (χ0n) is 39.3. The van der Waals surface area contributed by atoms with E-state index in [0.717, 1.165) is 50.3 Å². The standard InChI is InChI=1S/C50H105O4PS/c1-6-11-15-19-23-27-31-35-39-43-47-55(54-56(51,52)53-10-5,48-44-40-36-32-28-24-20-16-12-7-2,49-45-41-37-33-29-25-21-17-13-8-3)50-46-42-38-34-30-26-22-18-14-9-4/h6-50H2,1-5H3. The Balaban J connectivity index is 5.90. The van der Waals surface area contributed by atoms with Crippen LogP contribution in [0.15, 0.2) is 0 Å². The fraction of sp³-hybridized carbons (Fsp3) is 1.00. The van der Waals surface area contributed by atoms with Gasteiger partial charge in [0.15, 0.2) is 0 Å². The fourth-order valence-corrected chi connectivity index (χ4v) is 18.4. The number of rotatable bonds is 48. The Hall–Kier alpha value is 0.300. The second kappa shape index (κ2) is 40.7. The molecule has 0 radical (unpaired) electrons. The van der Waals surface area contributed by atoms with Gasteiger partial charge in [0.25, 0.3) is 0 Å². The second-order valence-corrected chi connectivity index (χ2v) is 25.5. The first kappa shape index (κ1) is 56.3. The summed E-state index contributed by atoms with van der Waals surface area (Å²) in [6.45, 7) is 8.02. The van der Waals surface area contributed by atoms with Crippen LogP contribution in [-0.2, 0) is 18.6 Å². The minimum atomic E-state index is -4.04. The molecule has 0 rings (SSSR count). The molecule has 56 heavy (non-hydrogen) atoms. The predicted molar refractivity (Wildman–Crippen MR) is 255 cm³/mol. The Kier molecular flexibility index (Phi) is 40.9. The average molecular weight is 833 g/mol. The molecule has 0 aromatic rings. The first-order valence-corrected chi connectivity index (χ1v) is 30.2. The second-order valence-electron chi connectivity index (χ2n) is 18.4. The molecule has 0 bridgehead atoms. The van der Waals surface area contributed by atoms with Gasteiger partial charge in [-0.15, -0.1) is 0 Å². The molecule has 4 nitrogen and oxygen atoms in total. The van der Waals surface area contributed by atoms with Crippen LogP contribution in [0.2, 0.25) is 0 Å². The van der Waals surface area contributed by atoms with Gasteiger partial charge in [0.05, 0.1) is 0 Å². The van der Waals surface area contributed by atoms with Gasteiger partial charge in [0.2, 0.25) is 0 Å². The van der Waals surface area contributed by atoms with Gasteiger partial charge >= 0.3 is 357 Å². The van der Waals surface area contributed by atoms with Crippen LogP contribution in [0.4, 0.5) is 0 Å². The van der Waals surface area contributed by atoms with E-state index >= 15 is 0 Å². The zero-order valence-corrected chi connectivity index (χ0v) is 41.0. The summed E-state index contributed by atoms with van der Waals surface area (Å²) in [6.07, 6.45) is 56.2. The van der Waals surface area contributed by atoms with Crippen LogP contribution >= 0.6 is 6.83 Å². The monoisotopic (exact) mass is 833 g/mol. The molecule has 0 saturated heterocycles. The van der Waals surface area contributed by atoms with Crippen LogP contribution in [0.1, 0.15) is 291 Å². The zero-order chi connectivity index (χ0) is 41.2. The molecule has 0 aliphatic rings. The van der Waals surface area contributed by atoms with Crippen molar-refractivity contribution in [2.75, 3.05) is 31.3 Å². The number of unbranched alkanes of at least 4 members (excludes halogenated alkanes) is 36. The molecule has 0 aliphatic heterocycles. The van der Waals surface area contributed by atoms with Crippen LogP contribution in [0.3, 0.4) is 0 Å². The molecular weight excluding hydrogens is 728 g/mol. The maximum atomic E-state index is 13.8. The van der Waals surface area contributed by atoms with Crippen molar-refractivity contribution in [3.8, 4) is 0 Å². The van der Waals surface area contributed by atoms with E-state index in [2.05, 4.69) is 27.7 Å². The van der Waals surface area contributed by atoms with E-state index in [-0.39, 0.29) is 6.61 Å². The normalized spacial score (nSPS) is 13.1. The molecule has 0 saturated carbocycles. The Morgan fingerprint density at radius 2 is 0.464 bits per heavy atom. The summed E-state index contributed by atoms with van der Waals surface area (Å²) < 4.78 is 39.9. The molecule has 0 fully saturated rings. The summed E-state index contributed by atoms with van der Waals surface area (Å²) in [5.74, 6) is 0. The van der Waals surface area contributed by atoms with Gasteiger partial charge in [-0.2, -0.15) is 0 Å². The molecule has 0 amide bonds. The molecule has 340 valence electrons. The van der Waals surface area contributed by atoms with Crippen molar-refractivity contribution in [1.29, 1.82) is 0 Å². The van der Waals surface area contributed by atoms with Crippen molar-refractivity contribution in [2.45, 2.75) is 291 Å². The van der Waals surface area contributed by atoms with Crippen molar-refractivity contribution in [3.05, 3.63) is 0 Å². The van der Waals surface area contributed by atoms with Crippen molar-refractivity contribution >= 4 is 17.2 Å². The van der Waals surface area contributed by atoms with Crippen molar-refractivity contribution in [2.24, 2.45) is 0 Å². The summed E-state index contributed by atoms with van der Waals surface area (Å²) >= 11 is 0. The maximum absolute atomic E-state index is 13.8. The third-order valence-electron chi connectivity index (χ3n) is 12.9. The van der Waals surface area contributed by atoms with Gasteiger partial charge in [-0.25, -0.2) is 0 Å². The van der Waals surface area contributed by atoms with Crippen molar-refractivity contribution in [1.82, 2.24) is 0 Å². The molecule has 0 aromatic heterocycles. The van der Waals surface area contributed by atoms with E-state index in [0.29, 0.717) is 0 Å². The average Bonchev–Trinajstić information content (AvgIpc) is 3.18. The third kappa shape index (κ3) is 34.1. The number of hydrogen-bond donors (Lipinski definition) is 0. The van der Waals surface area contributed by atoms with Gasteiger partial charge in [-0.1, -0.05) is 0 Å². The van der Waals surface area contributed by atoms with Crippen LogP contribution in [0, 0.1) is 0 Å². The van der Waals surface area contributed by atoms with Gasteiger partial charge in [-0.05, 0) is 0 Å². The molecule has 0 heterocycles. The predicted octanol–water partition coefficient (Wildman–Crippen LogP) is 18.4. The quantitative estimate of drug-likeness (QED) is 0.0453.